The van der Waals surface area contributed by atoms with Gasteiger partial charge in [0.05, 0.1) is 11.2 Å². The molecule has 0 radical (unpaired) electrons. The predicted octanol–water partition coefficient (Wildman–Crippen LogP) is 3.43. The number of rotatable bonds is 5. The van der Waals surface area contributed by atoms with Crippen molar-refractivity contribution in [2.24, 2.45) is 10.8 Å². The fourth-order valence-corrected chi connectivity index (χ4v) is 2.79. The van der Waals surface area contributed by atoms with Gasteiger partial charge in [0, 0.05) is 15.3 Å². The number of urea groups is 1. The highest BCUT2D eigenvalue weighted by Crippen LogP contribution is 2.27. The van der Waals surface area contributed by atoms with Crippen LogP contribution in [0, 0.1) is 12.7 Å². The van der Waals surface area contributed by atoms with Crippen molar-refractivity contribution in [2.75, 3.05) is 0 Å². The molecule has 5 nitrogen and oxygen atoms in total. The van der Waals surface area contributed by atoms with Crippen LogP contribution in [0.4, 0.5) is 9.18 Å². The monoisotopic (exact) mass is 341 g/mol. The number of nitrogens with one attached hydrogen (secondary N) is 1. The number of benzene rings is 1. The Morgan fingerprint density at radius 2 is 2.32 bits per heavy atom. The van der Waals surface area contributed by atoms with Crippen LogP contribution in [-0.4, -0.2) is 12.2 Å². The van der Waals surface area contributed by atoms with E-state index in [0.29, 0.717) is 12.4 Å². The molecule has 0 bridgehead atoms. The maximum Gasteiger partial charge on any atom is 0.332 e. The van der Waals surface area contributed by atoms with E-state index in [2.05, 4.69) is 10.5 Å². The third kappa shape index (κ3) is 4.44. The maximum absolute atomic E-state index is 13.0. The van der Waals surface area contributed by atoms with Gasteiger partial charge in [-0.1, -0.05) is 11.6 Å². The molecule has 3 N–H and O–H groups in total. The number of nitrogens with two attached hydrogens (primary N) is 1. The van der Waals surface area contributed by atoms with E-state index in [1.807, 2.05) is 13.0 Å². The van der Waals surface area contributed by atoms with Crippen LogP contribution in [0.2, 0.25) is 5.02 Å². The number of aryl methyl sites for hydroxylation is 1. The Hall–Kier alpha value is -2.12. The topological polar surface area (TPSA) is 76.7 Å². The van der Waals surface area contributed by atoms with Gasteiger partial charge in [-0.05, 0) is 31.2 Å². The Morgan fingerprint density at radius 1 is 1.55 bits per heavy atom. The molecule has 2 amide bonds. The van der Waals surface area contributed by atoms with Crippen molar-refractivity contribution in [1.29, 1.82) is 0 Å². The average molecular weight is 342 g/mol. The SMILES string of the molecule is Cc1sc(/C=N/NC(N)=O)cc1COc1ccc(F)cc1Cl. The van der Waals surface area contributed by atoms with Gasteiger partial charge in [0.2, 0.25) is 0 Å². The fraction of sp³-hybridized carbons (Fsp3) is 0.143. The van der Waals surface area contributed by atoms with Crippen LogP contribution < -0.4 is 15.9 Å². The van der Waals surface area contributed by atoms with E-state index in [0.717, 1.165) is 15.3 Å². The van der Waals surface area contributed by atoms with Crippen molar-refractivity contribution in [3.63, 3.8) is 0 Å². The highest BCUT2D eigenvalue weighted by molar-refractivity contribution is 7.13. The summed E-state index contributed by atoms with van der Waals surface area (Å²) in [6.07, 6.45) is 1.50. The lowest BCUT2D eigenvalue weighted by Crippen LogP contribution is -2.24. The molecule has 2 aromatic rings. The molecule has 8 heteroatoms. The standard InChI is InChI=1S/C14H13ClFN3O2S/c1-8-9(4-11(22-8)6-18-19-14(17)20)7-21-13-3-2-10(16)5-12(13)15/h2-6H,7H2,1H3,(H3,17,19,20)/b18-6+. The first-order valence-electron chi connectivity index (χ1n) is 6.21. The summed E-state index contributed by atoms with van der Waals surface area (Å²) >= 11 is 7.40. The minimum Gasteiger partial charge on any atom is -0.487 e. The number of ether oxygens (including phenoxy) is 1. The number of amides is 2. The number of carbonyl (C=O) groups is 1. The predicted molar refractivity (Wildman–Crippen MR) is 85.1 cm³/mol. The van der Waals surface area contributed by atoms with Crippen LogP contribution in [-0.2, 0) is 6.61 Å². The zero-order valence-electron chi connectivity index (χ0n) is 11.6. The molecule has 0 fully saturated rings. The summed E-state index contributed by atoms with van der Waals surface area (Å²) in [7, 11) is 0. The Morgan fingerprint density at radius 3 is 3.00 bits per heavy atom. The lowest BCUT2D eigenvalue weighted by Gasteiger charge is -2.07. The first-order valence-corrected chi connectivity index (χ1v) is 7.41. The number of hydrogen-bond donors (Lipinski definition) is 2. The van der Waals surface area contributed by atoms with Crippen molar-refractivity contribution in [1.82, 2.24) is 5.43 Å². The summed E-state index contributed by atoms with van der Waals surface area (Å²) in [5, 5.41) is 3.92. The van der Waals surface area contributed by atoms with Crippen molar-refractivity contribution in [3.8, 4) is 5.75 Å². The Labute approximate surface area is 135 Å². The second-order valence-corrected chi connectivity index (χ2v) is 6.02. The molecular weight excluding hydrogens is 329 g/mol. The van der Waals surface area contributed by atoms with Crippen LogP contribution in [0.25, 0.3) is 0 Å². The van der Waals surface area contributed by atoms with Gasteiger partial charge >= 0.3 is 6.03 Å². The smallest absolute Gasteiger partial charge is 0.332 e. The van der Waals surface area contributed by atoms with Crippen molar-refractivity contribution in [2.45, 2.75) is 13.5 Å². The second kappa shape index (κ2) is 7.24. The summed E-state index contributed by atoms with van der Waals surface area (Å²) in [5.74, 6) is 0.00351. The summed E-state index contributed by atoms with van der Waals surface area (Å²) in [5.41, 5.74) is 7.98. The van der Waals surface area contributed by atoms with Crippen molar-refractivity contribution < 1.29 is 13.9 Å². The molecule has 1 aromatic carbocycles. The van der Waals surface area contributed by atoms with Crippen LogP contribution in [0.1, 0.15) is 15.3 Å². The van der Waals surface area contributed by atoms with Crippen LogP contribution in [0.5, 0.6) is 5.75 Å². The quantitative estimate of drug-likeness (QED) is 0.645. The largest absolute Gasteiger partial charge is 0.487 e. The molecule has 0 aliphatic carbocycles. The zero-order valence-corrected chi connectivity index (χ0v) is 13.2. The van der Waals surface area contributed by atoms with Crippen LogP contribution in [0.15, 0.2) is 29.4 Å². The molecule has 0 aliphatic heterocycles. The number of hydrogen-bond acceptors (Lipinski definition) is 4. The van der Waals surface area contributed by atoms with E-state index >= 15 is 0 Å². The van der Waals surface area contributed by atoms with Gasteiger partial charge in [-0.15, -0.1) is 11.3 Å². The first kappa shape index (κ1) is 16.3. The lowest BCUT2D eigenvalue weighted by atomic mass is 10.2. The summed E-state index contributed by atoms with van der Waals surface area (Å²) in [6, 6.07) is 5.13. The molecule has 0 aliphatic rings. The minimum absolute atomic E-state index is 0.223. The minimum atomic E-state index is -0.723. The Kier molecular flexibility index (Phi) is 5.35. The summed E-state index contributed by atoms with van der Waals surface area (Å²) in [6.45, 7) is 2.24. The van der Waals surface area contributed by atoms with E-state index in [9.17, 15) is 9.18 Å². The fourth-order valence-electron chi connectivity index (χ4n) is 1.66. The average Bonchev–Trinajstić information content (AvgIpc) is 2.78. The highest BCUT2D eigenvalue weighted by Gasteiger charge is 2.08. The number of halogens is 2. The number of nitrogens with zero attached hydrogens (tertiary/aromatic N) is 1. The highest BCUT2D eigenvalue weighted by atomic mass is 35.5. The molecule has 116 valence electrons. The molecular formula is C14H13ClFN3O2S. The van der Waals surface area contributed by atoms with Gasteiger partial charge < -0.3 is 10.5 Å². The van der Waals surface area contributed by atoms with Gasteiger partial charge in [-0.3, -0.25) is 0 Å². The lowest BCUT2D eigenvalue weighted by molar-refractivity contribution is 0.249. The first-order chi connectivity index (χ1) is 10.5. The van der Waals surface area contributed by atoms with E-state index in [-0.39, 0.29) is 5.02 Å². The van der Waals surface area contributed by atoms with Gasteiger partial charge in [-0.25, -0.2) is 14.6 Å². The van der Waals surface area contributed by atoms with E-state index in [1.165, 1.54) is 35.8 Å². The Bertz CT molecular complexity index is 718. The van der Waals surface area contributed by atoms with E-state index < -0.39 is 11.8 Å². The van der Waals surface area contributed by atoms with Crippen molar-refractivity contribution in [3.05, 3.63) is 50.4 Å². The van der Waals surface area contributed by atoms with Gasteiger partial charge in [0.1, 0.15) is 18.2 Å². The van der Waals surface area contributed by atoms with Gasteiger partial charge in [-0.2, -0.15) is 5.10 Å². The summed E-state index contributed by atoms with van der Waals surface area (Å²) in [4.78, 5) is 12.4. The maximum atomic E-state index is 13.0. The molecule has 1 heterocycles. The Balaban J connectivity index is 2.02. The molecule has 1 aromatic heterocycles. The number of thiophene rings is 1. The molecule has 0 atom stereocenters. The summed E-state index contributed by atoms with van der Waals surface area (Å²) < 4.78 is 18.6. The molecule has 0 saturated carbocycles. The third-order valence-electron chi connectivity index (χ3n) is 2.68. The van der Waals surface area contributed by atoms with E-state index in [1.54, 1.807) is 0 Å². The zero-order chi connectivity index (χ0) is 16.1. The van der Waals surface area contributed by atoms with Gasteiger partial charge in [0.15, 0.2) is 0 Å². The van der Waals surface area contributed by atoms with Crippen LogP contribution >= 0.6 is 22.9 Å². The second-order valence-electron chi connectivity index (χ2n) is 4.33. The molecule has 0 saturated heterocycles. The molecule has 22 heavy (non-hydrogen) atoms. The van der Waals surface area contributed by atoms with Crippen LogP contribution in [0.3, 0.4) is 0 Å². The van der Waals surface area contributed by atoms with Crippen molar-refractivity contribution >= 4 is 35.2 Å². The number of primary amides is 1. The number of carbonyl (C=O) groups excluding carboxylic acids is 1. The molecule has 0 unspecified atom stereocenters. The molecule has 2 rings (SSSR count). The molecule has 0 spiro atoms. The van der Waals surface area contributed by atoms with E-state index in [4.69, 9.17) is 22.1 Å². The van der Waals surface area contributed by atoms with Gasteiger partial charge in [0.25, 0.3) is 0 Å². The number of hydrazone groups is 1. The normalized spacial score (nSPS) is 10.9. The third-order valence-corrected chi connectivity index (χ3v) is 4.01.